The zero-order valence-corrected chi connectivity index (χ0v) is 9.84. The van der Waals surface area contributed by atoms with E-state index in [0.29, 0.717) is 12.8 Å². The summed E-state index contributed by atoms with van der Waals surface area (Å²) in [6.07, 6.45) is 2.16. The van der Waals surface area contributed by atoms with Crippen LogP contribution in [0.3, 0.4) is 0 Å². The molecule has 1 fully saturated rings. The molecule has 1 aliphatic rings. The van der Waals surface area contributed by atoms with Crippen LogP contribution in [-0.2, 0) is 19.4 Å². The summed E-state index contributed by atoms with van der Waals surface area (Å²) in [6.45, 7) is 1.96. The van der Waals surface area contributed by atoms with Gasteiger partial charge in [-0.15, -0.1) is 0 Å². The highest BCUT2D eigenvalue weighted by Crippen LogP contribution is 2.32. The zero-order chi connectivity index (χ0) is 11.7. The number of hydrogen-bond donors (Lipinski definition) is 1. The van der Waals surface area contributed by atoms with Crippen molar-refractivity contribution in [2.24, 2.45) is 5.73 Å². The Balaban J connectivity index is 2.73. The molecule has 0 aromatic rings. The Morgan fingerprint density at radius 1 is 1.60 bits per heavy atom. The minimum atomic E-state index is -3.11. The molecule has 0 spiro atoms. The molecule has 0 bridgehead atoms. The van der Waals surface area contributed by atoms with E-state index in [1.165, 1.54) is 6.26 Å². The second-order valence-electron chi connectivity index (χ2n) is 4.07. The van der Waals surface area contributed by atoms with Gasteiger partial charge >= 0.3 is 5.97 Å². The predicted molar refractivity (Wildman–Crippen MR) is 56.0 cm³/mol. The van der Waals surface area contributed by atoms with E-state index in [1.54, 1.807) is 6.92 Å². The van der Waals surface area contributed by atoms with Crippen LogP contribution in [0.1, 0.15) is 26.2 Å². The number of carbonyl (C=O) groups excluding carboxylic acids is 1. The van der Waals surface area contributed by atoms with Gasteiger partial charge < -0.3 is 10.5 Å². The highest BCUT2D eigenvalue weighted by Gasteiger charge is 2.46. The fourth-order valence-electron chi connectivity index (χ4n) is 1.85. The third kappa shape index (κ3) is 2.69. The summed E-state index contributed by atoms with van der Waals surface area (Å²) in [5, 5.41) is -0.507. The molecule has 2 N–H and O–H groups in total. The van der Waals surface area contributed by atoms with Crippen molar-refractivity contribution in [3.63, 3.8) is 0 Å². The van der Waals surface area contributed by atoms with E-state index in [9.17, 15) is 13.2 Å². The molecule has 0 saturated heterocycles. The van der Waals surface area contributed by atoms with E-state index in [-0.39, 0.29) is 13.0 Å². The van der Waals surface area contributed by atoms with Gasteiger partial charge in [0.15, 0.2) is 0 Å². The minimum Gasteiger partial charge on any atom is -0.465 e. The van der Waals surface area contributed by atoms with E-state index in [2.05, 4.69) is 0 Å². The molecule has 2 atom stereocenters. The highest BCUT2D eigenvalue weighted by atomic mass is 32.2. The summed E-state index contributed by atoms with van der Waals surface area (Å²) < 4.78 is 27.4. The summed E-state index contributed by atoms with van der Waals surface area (Å²) in [5.41, 5.74) is 4.73. The number of ether oxygens (including phenoxy) is 1. The van der Waals surface area contributed by atoms with Crippen LogP contribution in [0.2, 0.25) is 0 Å². The van der Waals surface area contributed by atoms with E-state index >= 15 is 0 Å². The van der Waals surface area contributed by atoms with Crippen LogP contribution in [0.15, 0.2) is 0 Å². The quantitative estimate of drug-likeness (QED) is 0.687. The molecule has 0 unspecified atom stereocenters. The van der Waals surface area contributed by atoms with Crippen LogP contribution in [0, 0.1) is 0 Å². The Hall–Kier alpha value is -0.620. The summed E-state index contributed by atoms with van der Waals surface area (Å²) in [6, 6.07) is 0. The van der Waals surface area contributed by atoms with Gasteiger partial charge in [0.05, 0.1) is 11.9 Å². The molecule has 1 rings (SSSR count). The number of esters is 1. The Bertz CT molecular complexity index is 351. The van der Waals surface area contributed by atoms with Crippen LogP contribution in [0.4, 0.5) is 0 Å². The van der Waals surface area contributed by atoms with E-state index in [4.69, 9.17) is 10.5 Å². The smallest absolute Gasteiger partial charge is 0.326 e. The minimum absolute atomic E-state index is 0.171. The second kappa shape index (κ2) is 4.09. The lowest BCUT2D eigenvalue weighted by molar-refractivity contribution is -0.149. The molecular formula is C9H17NO4S. The average molecular weight is 235 g/mol. The fourth-order valence-corrected chi connectivity index (χ4v) is 3.00. The standard InChI is InChI=1S/C9H17NO4S/c1-3-14-8(11)9(10)5-4-7(6-9)15(2,12)13/h7H,3-6,10H2,1-2H3/t7-,9+/m0/s1. The molecule has 1 aliphatic carbocycles. The Morgan fingerprint density at radius 3 is 2.60 bits per heavy atom. The SMILES string of the molecule is CCOC(=O)[C@@]1(N)CC[C@H](S(C)(=O)=O)C1. The van der Waals surface area contributed by atoms with Crippen LogP contribution >= 0.6 is 0 Å². The second-order valence-corrected chi connectivity index (χ2v) is 6.40. The molecule has 0 radical (unpaired) electrons. The first-order valence-electron chi connectivity index (χ1n) is 4.94. The van der Waals surface area contributed by atoms with Crippen molar-refractivity contribution in [1.82, 2.24) is 0 Å². The molecule has 0 aromatic carbocycles. The van der Waals surface area contributed by atoms with Gasteiger partial charge in [0.2, 0.25) is 0 Å². The first-order valence-corrected chi connectivity index (χ1v) is 6.90. The van der Waals surface area contributed by atoms with Crippen molar-refractivity contribution >= 4 is 15.8 Å². The van der Waals surface area contributed by atoms with E-state index in [0.717, 1.165) is 0 Å². The summed E-state index contributed by atoms with van der Waals surface area (Å²) in [4.78, 5) is 11.5. The van der Waals surface area contributed by atoms with E-state index < -0.39 is 26.6 Å². The molecule has 0 aliphatic heterocycles. The maximum absolute atomic E-state index is 11.5. The Morgan fingerprint density at radius 2 is 2.20 bits per heavy atom. The van der Waals surface area contributed by atoms with Gasteiger partial charge in [-0.25, -0.2) is 8.42 Å². The van der Waals surface area contributed by atoms with Crippen molar-refractivity contribution < 1.29 is 17.9 Å². The topological polar surface area (TPSA) is 86.5 Å². The van der Waals surface area contributed by atoms with Crippen molar-refractivity contribution in [2.45, 2.75) is 37.0 Å². The molecule has 6 heteroatoms. The molecule has 5 nitrogen and oxygen atoms in total. The van der Waals surface area contributed by atoms with Crippen LogP contribution < -0.4 is 5.73 Å². The third-order valence-electron chi connectivity index (χ3n) is 2.79. The van der Waals surface area contributed by atoms with Crippen molar-refractivity contribution in [3.05, 3.63) is 0 Å². The largest absolute Gasteiger partial charge is 0.465 e. The number of carbonyl (C=O) groups is 1. The first-order chi connectivity index (χ1) is 6.79. The first kappa shape index (κ1) is 12.4. The maximum atomic E-state index is 11.5. The number of nitrogens with two attached hydrogens (primary N) is 1. The predicted octanol–water partition coefficient (Wildman–Crippen LogP) is -0.156. The van der Waals surface area contributed by atoms with Gasteiger partial charge in [0, 0.05) is 6.26 Å². The zero-order valence-electron chi connectivity index (χ0n) is 9.02. The van der Waals surface area contributed by atoms with Crippen molar-refractivity contribution in [1.29, 1.82) is 0 Å². The fraction of sp³-hybridized carbons (Fsp3) is 0.889. The number of hydrogen-bond acceptors (Lipinski definition) is 5. The normalized spacial score (nSPS) is 31.5. The van der Waals surface area contributed by atoms with Gasteiger partial charge in [-0.1, -0.05) is 0 Å². The lowest BCUT2D eigenvalue weighted by Gasteiger charge is -2.21. The molecule has 0 amide bonds. The third-order valence-corrected chi connectivity index (χ3v) is 4.41. The van der Waals surface area contributed by atoms with Gasteiger partial charge in [-0.2, -0.15) is 0 Å². The lowest BCUT2D eigenvalue weighted by Crippen LogP contribution is -2.47. The molecular weight excluding hydrogens is 218 g/mol. The molecule has 15 heavy (non-hydrogen) atoms. The summed E-state index contributed by atoms with van der Waals surface area (Å²) >= 11 is 0. The highest BCUT2D eigenvalue weighted by molar-refractivity contribution is 7.91. The summed E-state index contributed by atoms with van der Waals surface area (Å²) in [7, 11) is -3.11. The monoisotopic (exact) mass is 235 g/mol. The van der Waals surface area contributed by atoms with Gasteiger partial charge in [0.1, 0.15) is 15.4 Å². The summed E-state index contributed by atoms with van der Waals surface area (Å²) in [5.74, 6) is -0.490. The van der Waals surface area contributed by atoms with Crippen LogP contribution in [-0.4, -0.2) is 38.0 Å². The molecule has 1 saturated carbocycles. The molecule has 88 valence electrons. The van der Waals surface area contributed by atoms with Crippen molar-refractivity contribution in [2.75, 3.05) is 12.9 Å². The lowest BCUT2D eigenvalue weighted by atomic mass is 10.00. The van der Waals surface area contributed by atoms with E-state index in [1.807, 2.05) is 0 Å². The van der Waals surface area contributed by atoms with Crippen LogP contribution in [0.25, 0.3) is 0 Å². The Kier molecular flexibility index (Phi) is 3.40. The molecule has 0 heterocycles. The number of rotatable bonds is 3. The van der Waals surface area contributed by atoms with Gasteiger partial charge in [-0.05, 0) is 26.2 Å². The van der Waals surface area contributed by atoms with Crippen molar-refractivity contribution in [3.8, 4) is 0 Å². The average Bonchev–Trinajstić information content (AvgIpc) is 2.49. The van der Waals surface area contributed by atoms with Gasteiger partial charge in [0.25, 0.3) is 0 Å². The molecule has 0 aromatic heterocycles. The van der Waals surface area contributed by atoms with Gasteiger partial charge in [-0.3, -0.25) is 4.79 Å². The maximum Gasteiger partial charge on any atom is 0.326 e. The van der Waals surface area contributed by atoms with Crippen LogP contribution in [0.5, 0.6) is 0 Å². The Labute approximate surface area is 89.9 Å². The number of sulfone groups is 1.